The summed E-state index contributed by atoms with van der Waals surface area (Å²) in [5.74, 6) is 6.29. The minimum atomic E-state index is -0.883. The van der Waals surface area contributed by atoms with Crippen molar-refractivity contribution in [1.29, 1.82) is 0 Å². The zero-order valence-electron chi connectivity index (χ0n) is 12.2. The van der Waals surface area contributed by atoms with E-state index in [9.17, 15) is 5.11 Å². The molecule has 2 rings (SSSR count). The summed E-state index contributed by atoms with van der Waals surface area (Å²) in [4.78, 5) is 18.3. The summed E-state index contributed by atoms with van der Waals surface area (Å²) in [5, 5.41) is 14.0. The van der Waals surface area contributed by atoms with Gasteiger partial charge in [-0.3, -0.25) is 5.43 Å². The van der Waals surface area contributed by atoms with E-state index in [0.717, 1.165) is 0 Å². The van der Waals surface area contributed by atoms with Crippen molar-refractivity contribution in [2.45, 2.75) is 26.4 Å². The van der Waals surface area contributed by atoms with Crippen LogP contribution >= 0.6 is 0 Å². The summed E-state index contributed by atoms with van der Waals surface area (Å²) in [5.41, 5.74) is 1.52. The zero-order chi connectivity index (χ0) is 15.5. The number of hydrogen-bond donors (Lipinski definition) is 3. The first-order valence-electron chi connectivity index (χ1n) is 6.48. The maximum absolute atomic E-state index is 9.98. The fourth-order valence-corrected chi connectivity index (χ4v) is 1.76. The fraction of sp³-hybridized carbons (Fsp3) is 0.545. The second-order valence-electron chi connectivity index (χ2n) is 5.07. The molecule has 0 aliphatic carbocycles. The number of nitrogens with two attached hydrogens (primary N) is 1. The summed E-state index contributed by atoms with van der Waals surface area (Å²) in [6.07, 6.45) is 2.86. The molecular weight excluding hydrogens is 274 g/mol. The molecule has 0 aliphatic rings. The van der Waals surface area contributed by atoms with Gasteiger partial charge in [-0.05, 0) is 20.8 Å². The van der Waals surface area contributed by atoms with Crippen molar-refractivity contribution < 1.29 is 5.11 Å². The molecule has 0 saturated heterocycles. The van der Waals surface area contributed by atoms with Gasteiger partial charge in [0.1, 0.15) is 12.7 Å². The van der Waals surface area contributed by atoms with Crippen molar-refractivity contribution in [3.05, 3.63) is 12.7 Å². The van der Waals surface area contributed by atoms with Crippen LogP contribution in [0.1, 0.15) is 20.8 Å². The predicted molar refractivity (Wildman–Crippen MR) is 76.7 cm³/mol. The molecule has 0 unspecified atom stereocenters. The molecular formula is C11H19N9O. The largest absolute Gasteiger partial charge is 0.389 e. The van der Waals surface area contributed by atoms with Crippen molar-refractivity contribution in [2.24, 2.45) is 5.84 Å². The number of nitrogens with one attached hydrogen (secondary N) is 1. The lowest BCUT2D eigenvalue weighted by Crippen LogP contribution is -2.39. The van der Waals surface area contributed by atoms with Crippen LogP contribution in [-0.4, -0.2) is 53.5 Å². The van der Waals surface area contributed by atoms with Crippen LogP contribution in [0.3, 0.4) is 0 Å². The Labute approximate surface area is 122 Å². The average Bonchev–Trinajstić information content (AvgIpc) is 2.97. The highest BCUT2D eigenvalue weighted by atomic mass is 16.3. The van der Waals surface area contributed by atoms with Gasteiger partial charge in [-0.25, -0.2) is 10.8 Å². The highest BCUT2D eigenvalue weighted by Gasteiger charge is 2.21. The van der Waals surface area contributed by atoms with Gasteiger partial charge in [-0.15, -0.1) is 0 Å². The summed E-state index contributed by atoms with van der Waals surface area (Å²) in [7, 11) is 0. The molecule has 0 atom stereocenters. The topological polar surface area (TPSA) is 131 Å². The Morgan fingerprint density at radius 1 is 1.38 bits per heavy atom. The monoisotopic (exact) mass is 293 g/mol. The first-order chi connectivity index (χ1) is 9.93. The summed E-state index contributed by atoms with van der Waals surface area (Å²) >= 11 is 0. The Kier molecular flexibility index (Phi) is 4.29. The maximum atomic E-state index is 9.98. The van der Waals surface area contributed by atoms with Crippen molar-refractivity contribution >= 4 is 11.9 Å². The van der Waals surface area contributed by atoms with E-state index in [2.05, 4.69) is 30.5 Å². The predicted octanol–water partition coefficient (Wildman–Crippen LogP) is -0.665. The van der Waals surface area contributed by atoms with E-state index in [1.165, 1.54) is 17.3 Å². The SMILES string of the molecule is CCN(CC(C)(C)O)c1nc(NN)nc(-n2cncn2)n1. The molecule has 114 valence electrons. The van der Waals surface area contributed by atoms with E-state index in [-0.39, 0.29) is 5.95 Å². The minimum Gasteiger partial charge on any atom is -0.389 e. The summed E-state index contributed by atoms with van der Waals surface area (Å²) in [6, 6.07) is 0. The van der Waals surface area contributed by atoms with Crippen LogP contribution in [0.2, 0.25) is 0 Å². The van der Waals surface area contributed by atoms with Crippen LogP contribution in [0.5, 0.6) is 0 Å². The number of aromatic nitrogens is 6. The average molecular weight is 293 g/mol. The number of aliphatic hydroxyl groups is 1. The van der Waals surface area contributed by atoms with Crippen LogP contribution < -0.4 is 16.2 Å². The Hall–Kier alpha value is -2.33. The van der Waals surface area contributed by atoms with Gasteiger partial charge in [0.05, 0.1) is 5.60 Å². The Bertz CT molecular complexity index is 578. The van der Waals surface area contributed by atoms with Gasteiger partial charge in [0.25, 0.3) is 5.95 Å². The highest BCUT2D eigenvalue weighted by molar-refractivity contribution is 5.39. The van der Waals surface area contributed by atoms with Gasteiger partial charge in [0, 0.05) is 13.1 Å². The molecule has 0 amide bonds. The van der Waals surface area contributed by atoms with E-state index < -0.39 is 5.60 Å². The molecule has 21 heavy (non-hydrogen) atoms. The maximum Gasteiger partial charge on any atom is 0.258 e. The third kappa shape index (κ3) is 3.83. The third-order valence-electron chi connectivity index (χ3n) is 2.61. The molecule has 0 radical (unpaired) electrons. The molecule has 0 bridgehead atoms. The summed E-state index contributed by atoms with van der Waals surface area (Å²) < 4.78 is 1.41. The molecule has 2 aromatic rings. The molecule has 0 aliphatic heterocycles. The molecule has 0 spiro atoms. The lowest BCUT2D eigenvalue weighted by molar-refractivity contribution is 0.0872. The zero-order valence-corrected chi connectivity index (χ0v) is 12.2. The lowest BCUT2D eigenvalue weighted by Gasteiger charge is -2.28. The number of nitrogen functional groups attached to an aromatic ring is 1. The number of likely N-dealkylation sites (N-methyl/N-ethyl adjacent to an activating group) is 1. The van der Waals surface area contributed by atoms with Gasteiger partial charge in [-0.1, -0.05) is 0 Å². The number of hydrazine groups is 1. The molecule has 0 fully saturated rings. The number of anilines is 2. The van der Waals surface area contributed by atoms with Crippen LogP contribution in [0.4, 0.5) is 11.9 Å². The number of rotatable bonds is 6. The van der Waals surface area contributed by atoms with E-state index >= 15 is 0 Å². The second-order valence-corrected chi connectivity index (χ2v) is 5.07. The van der Waals surface area contributed by atoms with Crippen molar-refractivity contribution in [2.75, 3.05) is 23.4 Å². The first-order valence-corrected chi connectivity index (χ1v) is 6.48. The van der Waals surface area contributed by atoms with Crippen LogP contribution in [0, 0.1) is 0 Å². The fourth-order valence-electron chi connectivity index (χ4n) is 1.76. The minimum absolute atomic E-state index is 0.208. The van der Waals surface area contributed by atoms with Gasteiger partial charge in [-0.2, -0.15) is 24.7 Å². The van der Waals surface area contributed by atoms with Crippen molar-refractivity contribution in [1.82, 2.24) is 29.7 Å². The highest BCUT2D eigenvalue weighted by Crippen LogP contribution is 2.15. The Balaban J connectivity index is 2.40. The molecule has 10 heteroatoms. The standard InChI is InChI=1S/C11H19N9O/c1-4-19(5-11(2,3)21)9-15-8(18-12)16-10(17-9)20-7-13-6-14-20/h6-7,21H,4-5,12H2,1-3H3,(H,15,16,17,18). The Morgan fingerprint density at radius 2 is 2.14 bits per heavy atom. The van der Waals surface area contributed by atoms with Crippen LogP contribution in [0.15, 0.2) is 12.7 Å². The van der Waals surface area contributed by atoms with Crippen molar-refractivity contribution in [3.8, 4) is 5.95 Å². The molecule has 0 saturated carbocycles. The van der Waals surface area contributed by atoms with Gasteiger partial charge in [0.15, 0.2) is 0 Å². The van der Waals surface area contributed by atoms with Crippen LogP contribution in [0.25, 0.3) is 5.95 Å². The number of nitrogens with zero attached hydrogens (tertiary/aromatic N) is 7. The quantitative estimate of drug-likeness (QED) is 0.469. The molecule has 2 aromatic heterocycles. The van der Waals surface area contributed by atoms with Gasteiger partial charge < -0.3 is 10.0 Å². The van der Waals surface area contributed by atoms with E-state index in [1.807, 2.05) is 11.8 Å². The smallest absolute Gasteiger partial charge is 0.258 e. The van der Waals surface area contributed by atoms with Gasteiger partial charge in [0.2, 0.25) is 11.9 Å². The third-order valence-corrected chi connectivity index (χ3v) is 2.61. The number of hydrogen-bond acceptors (Lipinski definition) is 9. The van der Waals surface area contributed by atoms with Crippen LogP contribution in [-0.2, 0) is 0 Å². The lowest BCUT2D eigenvalue weighted by atomic mass is 10.1. The summed E-state index contributed by atoms with van der Waals surface area (Å²) in [6.45, 7) is 6.37. The van der Waals surface area contributed by atoms with E-state index in [4.69, 9.17) is 5.84 Å². The molecule has 2 heterocycles. The van der Waals surface area contributed by atoms with E-state index in [1.54, 1.807) is 13.8 Å². The molecule has 0 aromatic carbocycles. The first kappa shape index (κ1) is 15.1. The Morgan fingerprint density at radius 3 is 2.67 bits per heavy atom. The van der Waals surface area contributed by atoms with E-state index in [0.29, 0.717) is 25.0 Å². The second kappa shape index (κ2) is 5.97. The molecule has 10 nitrogen and oxygen atoms in total. The normalized spacial score (nSPS) is 11.5. The van der Waals surface area contributed by atoms with Crippen molar-refractivity contribution in [3.63, 3.8) is 0 Å². The molecule has 4 N–H and O–H groups in total. The van der Waals surface area contributed by atoms with Gasteiger partial charge >= 0.3 is 0 Å².